The van der Waals surface area contributed by atoms with Gasteiger partial charge in [0.05, 0.1) is 42.3 Å². The zero-order chi connectivity index (χ0) is 26.1. The molecule has 3 rings (SSSR count). The number of carbonyl (C=O) groups excluding carboxylic acids is 3. The molecule has 0 fully saturated rings. The van der Waals surface area contributed by atoms with Crippen LogP contribution in [0.25, 0.3) is 0 Å². The third-order valence-electron chi connectivity index (χ3n) is 4.84. The zero-order valence-corrected chi connectivity index (χ0v) is 18.5. The molecule has 1 N–H and O–H groups in total. The van der Waals surface area contributed by atoms with Crippen molar-refractivity contribution in [2.24, 2.45) is 0 Å². The van der Waals surface area contributed by atoms with Crippen molar-refractivity contribution in [3.8, 4) is 11.5 Å². The number of nitrogens with one attached hydrogen (secondary N) is 1. The smallest absolute Gasteiger partial charge is 0.264 e. The summed E-state index contributed by atoms with van der Waals surface area (Å²) in [7, 11) is -2.26. The van der Waals surface area contributed by atoms with Gasteiger partial charge in [-0.3, -0.25) is 19.3 Å². The van der Waals surface area contributed by atoms with Crippen molar-refractivity contribution in [1.29, 1.82) is 0 Å². The van der Waals surface area contributed by atoms with Crippen molar-refractivity contribution < 1.29 is 36.4 Å². The van der Waals surface area contributed by atoms with Crippen LogP contribution in [0.2, 0.25) is 0 Å². The number of carbonyl (C=O) groups is 3. The van der Waals surface area contributed by atoms with Gasteiger partial charge >= 0.3 is 0 Å². The lowest BCUT2D eigenvalue weighted by Gasteiger charge is -2.27. The van der Waals surface area contributed by atoms with Crippen molar-refractivity contribution in [2.75, 3.05) is 31.0 Å². The molecule has 0 radical (unpaired) electrons. The highest BCUT2D eigenvalue weighted by molar-refractivity contribution is 7.90. The summed E-state index contributed by atoms with van der Waals surface area (Å²) >= 11 is 0. The van der Waals surface area contributed by atoms with E-state index in [1.807, 2.05) is 0 Å². The highest BCUT2D eigenvalue weighted by Gasteiger charge is 2.43. The molecule has 1 aliphatic rings. The maximum Gasteiger partial charge on any atom is 0.264 e. The number of sulfone groups is 1. The maximum absolute atomic E-state index is 13.5. The number of amides is 3. The molecule has 3 amide bonds. The van der Waals surface area contributed by atoms with E-state index >= 15 is 0 Å². The number of ether oxygens (including phenoxy) is 2. The molecule has 1 atom stereocenters. The molecule has 0 bridgehead atoms. The average molecular weight is 464 g/mol. The topological polar surface area (TPSA) is 119 Å². The Balaban J connectivity index is 2.11. The number of benzene rings is 2. The van der Waals surface area contributed by atoms with Crippen molar-refractivity contribution in [2.45, 2.75) is 19.8 Å². The van der Waals surface area contributed by atoms with E-state index in [2.05, 4.69) is 5.32 Å². The SMILES string of the molecule is [2H]C([2H])([2H])C(=O)Nc1cccc2c1C(=O)N([C@H](CS(C)(=O)=O)c1ccc(OC)c(OCC)c1)C2=O. The largest absolute Gasteiger partial charge is 0.493 e. The predicted octanol–water partition coefficient (Wildman–Crippen LogP) is 2.43. The molecule has 0 saturated heterocycles. The van der Waals surface area contributed by atoms with E-state index < -0.39 is 46.2 Å². The third kappa shape index (κ3) is 4.59. The number of imide groups is 1. The molecule has 0 aliphatic carbocycles. The standard InChI is InChI=1S/C22H24N2O7S/c1-5-31-19-11-14(9-10-18(19)30-3)17(12-32(4,28)29)24-21(26)15-7-6-8-16(23-13(2)25)20(15)22(24)27/h6-11,17H,5,12H2,1-4H3,(H,23,25)/t17-/m1/s1/i2D3. The van der Waals surface area contributed by atoms with Gasteiger partial charge in [0, 0.05) is 17.2 Å². The Bertz CT molecular complexity index is 1290. The van der Waals surface area contributed by atoms with Gasteiger partial charge in [0.2, 0.25) is 5.91 Å². The normalized spacial score (nSPS) is 16.0. The Morgan fingerprint density at radius 1 is 1.19 bits per heavy atom. The summed E-state index contributed by atoms with van der Waals surface area (Å²) in [6.07, 6.45) is 0.979. The molecule has 0 unspecified atom stereocenters. The van der Waals surface area contributed by atoms with Crippen LogP contribution in [0.1, 0.15) is 50.2 Å². The van der Waals surface area contributed by atoms with E-state index in [0.29, 0.717) is 17.1 Å². The zero-order valence-electron chi connectivity index (χ0n) is 20.7. The summed E-state index contributed by atoms with van der Waals surface area (Å²) in [6, 6.07) is 7.36. The van der Waals surface area contributed by atoms with Crippen LogP contribution >= 0.6 is 0 Å². The van der Waals surface area contributed by atoms with Crippen molar-refractivity contribution in [1.82, 2.24) is 4.90 Å². The molecule has 1 heterocycles. The predicted molar refractivity (Wildman–Crippen MR) is 118 cm³/mol. The van der Waals surface area contributed by atoms with E-state index in [4.69, 9.17) is 13.6 Å². The number of hydrogen-bond acceptors (Lipinski definition) is 7. The van der Waals surface area contributed by atoms with Crippen LogP contribution in [-0.2, 0) is 14.6 Å². The molecule has 10 heteroatoms. The average Bonchev–Trinajstić information content (AvgIpc) is 3.02. The molecule has 0 spiro atoms. The molecule has 170 valence electrons. The van der Waals surface area contributed by atoms with Gasteiger partial charge in [0.1, 0.15) is 9.84 Å². The monoisotopic (exact) mass is 463 g/mol. The van der Waals surface area contributed by atoms with Crippen LogP contribution in [0.15, 0.2) is 36.4 Å². The number of fused-ring (bicyclic) bond motifs is 1. The van der Waals surface area contributed by atoms with Gasteiger partial charge < -0.3 is 14.8 Å². The van der Waals surface area contributed by atoms with Gasteiger partial charge in [-0.05, 0) is 36.8 Å². The van der Waals surface area contributed by atoms with Crippen molar-refractivity contribution >= 4 is 33.2 Å². The fourth-order valence-electron chi connectivity index (χ4n) is 3.59. The number of methoxy groups -OCH3 is 1. The first-order valence-corrected chi connectivity index (χ1v) is 11.6. The van der Waals surface area contributed by atoms with Gasteiger partial charge in [0.25, 0.3) is 11.8 Å². The van der Waals surface area contributed by atoms with Crippen LogP contribution < -0.4 is 14.8 Å². The Labute approximate surface area is 190 Å². The first kappa shape index (κ1) is 19.3. The summed E-state index contributed by atoms with van der Waals surface area (Å²) in [4.78, 5) is 39.6. The van der Waals surface area contributed by atoms with E-state index in [1.54, 1.807) is 6.92 Å². The third-order valence-corrected chi connectivity index (χ3v) is 5.76. The molecule has 0 aromatic heterocycles. The number of nitrogens with zero attached hydrogens (tertiary/aromatic N) is 1. The Morgan fingerprint density at radius 3 is 2.56 bits per heavy atom. The lowest BCUT2D eigenvalue weighted by molar-refractivity contribution is -0.114. The second-order valence-electron chi connectivity index (χ2n) is 7.11. The summed E-state index contributed by atoms with van der Waals surface area (Å²) in [5.41, 5.74) is -0.155. The second-order valence-corrected chi connectivity index (χ2v) is 9.30. The summed E-state index contributed by atoms with van der Waals surface area (Å²) in [5, 5.41) is 2.17. The van der Waals surface area contributed by atoms with Gasteiger partial charge in [-0.25, -0.2) is 8.42 Å². The minimum Gasteiger partial charge on any atom is -0.493 e. The van der Waals surface area contributed by atoms with E-state index in [9.17, 15) is 22.8 Å². The van der Waals surface area contributed by atoms with Crippen molar-refractivity contribution in [3.63, 3.8) is 0 Å². The van der Waals surface area contributed by atoms with Crippen molar-refractivity contribution in [3.05, 3.63) is 53.1 Å². The molecule has 1 aliphatic heterocycles. The van der Waals surface area contributed by atoms with Gasteiger partial charge in [-0.15, -0.1) is 0 Å². The Hall–Kier alpha value is -3.40. The molecule has 9 nitrogen and oxygen atoms in total. The highest BCUT2D eigenvalue weighted by Crippen LogP contribution is 2.38. The van der Waals surface area contributed by atoms with Crippen LogP contribution in [0.3, 0.4) is 0 Å². The molecule has 0 saturated carbocycles. The quantitative estimate of drug-likeness (QED) is 0.597. The number of hydrogen-bond donors (Lipinski definition) is 1. The minimum atomic E-state index is -3.69. The van der Waals surface area contributed by atoms with E-state index in [1.165, 1.54) is 43.5 Å². The first-order chi connectivity index (χ1) is 16.3. The second kappa shape index (κ2) is 8.99. The Morgan fingerprint density at radius 2 is 1.94 bits per heavy atom. The summed E-state index contributed by atoms with van der Waals surface area (Å²) in [6.45, 7) is -0.943. The molecule has 32 heavy (non-hydrogen) atoms. The molecule has 2 aromatic carbocycles. The summed E-state index contributed by atoms with van der Waals surface area (Å²) < 4.78 is 57.1. The van der Waals surface area contributed by atoms with E-state index in [-0.39, 0.29) is 23.4 Å². The number of anilines is 1. The first-order valence-electron chi connectivity index (χ1n) is 11.1. The Kier molecular flexibility index (Phi) is 5.42. The molecular formula is C22H24N2O7S. The fourth-order valence-corrected chi connectivity index (χ4v) is 4.50. The van der Waals surface area contributed by atoms with Gasteiger partial charge in [0.15, 0.2) is 11.5 Å². The molecular weight excluding hydrogens is 436 g/mol. The van der Waals surface area contributed by atoms with Gasteiger partial charge in [-0.2, -0.15) is 0 Å². The lowest BCUT2D eigenvalue weighted by Crippen LogP contribution is -2.37. The summed E-state index contributed by atoms with van der Waals surface area (Å²) in [5.74, 6) is -2.87. The van der Waals surface area contributed by atoms with Crippen LogP contribution in [0, 0.1) is 0 Å². The van der Waals surface area contributed by atoms with Crippen LogP contribution in [0.5, 0.6) is 11.5 Å². The molecule has 2 aromatic rings. The van der Waals surface area contributed by atoms with E-state index in [0.717, 1.165) is 11.2 Å². The lowest BCUT2D eigenvalue weighted by atomic mass is 10.1. The van der Waals surface area contributed by atoms with Crippen LogP contribution in [0.4, 0.5) is 5.69 Å². The fraction of sp³-hybridized carbons (Fsp3) is 0.318. The van der Waals surface area contributed by atoms with Crippen LogP contribution in [-0.4, -0.2) is 56.8 Å². The van der Waals surface area contributed by atoms with Gasteiger partial charge in [-0.1, -0.05) is 12.1 Å². The number of rotatable bonds is 8. The minimum absolute atomic E-state index is 0.0876. The highest BCUT2D eigenvalue weighted by atomic mass is 32.2. The maximum atomic E-state index is 13.5.